The number of H-pyrrole nitrogens is 2. The summed E-state index contributed by atoms with van der Waals surface area (Å²) in [4.78, 5) is 3.38. The van der Waals surface area contributed by atoms with Gasteiger partial charge in [-0.2, -0.15) is 5.10 Å². The normalized spacial score (nSPS) is 14.0. The van der Waals surface area contributed by atoms with Gasteiger partial charge in [0.05, 0.1) is 17.4 Å². The molecule has 0 aliphatic rings. The molecule has 0 spiro atoms. The lowest BCUT2D eigenvalue weighted by Gasteiger charge is -2.15. The fourth-order valence-corrected chi connectivity index (χ4v) is 3.74. The van der Waals surface area contributed by atoms with E-state index >= 15 is 0 Å². The van der Waals surface area contributed by atoms with Gasteiger partial charge in [0.2, 0.25) is 0 Å². The first-order valence-electron chi connectivity index (χ1n) is 8.02. The van der Waals surface area contributed by atoms with Gasteiger partial charge in [0, 0.05) is 23.4 Å². The highest BCUT2D eigenvalue weighted by atomic mass is 31.2. The van der Waals surface area contributed by atoms with E-state index in [-0.39, 0.29) is 0 Å². The summed E-state index contributed by atoms with van der Waals surface area (Å²) in [6, 6.07) is 15.6. The van der Waals surface area contributed by atoms with Crippen LogP contribution in [-0.4, -0.2) is 28.5 Å². The monoisotopic (exact) mass is 355 g/mol. The van der Waals surface area contributed by atoms with E-state index in [1.54, 1.807) is 13.0 Å². The average Bonchev–Trinajstić information content (AvgIpc) is 3.24. The number of aromatic amines is 2. The van der Waals surface area contributed by atoms with E-state index in [1.165, 1.54) is 7.11 Å². The minimum Gasteiger partial charge on any atom is -0.424 e. The third-order valence-corrected chi connectivity index (χ3v) is 6.05. The van der Waals surface area contributed by atoms with E-state index in [0.29, 0.717) is 11.9 Å². The lowest BCUT2D eigenvalue weighted by molar-refractivity contribution is 0.323. The molecule has 1 unspecified atom stereocenters. The molecule has 2 aromatic carbocycles. The van der Waals surface area contributed by atoms with Crippen molar-refractivity contribution in [3.8, 4) is 17.1 Å². The van der Waals surface area contributed by atoms with Crippen LogP contribution in [0.5, 0.6) is 5.75 Å². The van der Waals surface area contributed by atoms with Crippen molar-refractivity contribution < 1.29 is 13.6 Å². The van der Waals surface area contributed by atoms with Gasteiger partial charge in [-0.15, -0.1) is 0 Å². The molecule has 25 heavy (non-hydrogen) atoms. The Morgan fingerprint density at radius 2 is 1.96 bits per heavy atom. The summed E-state index contributed by atoms with van der Waals surface area (Å²) in [7, 11) is -1.71. The molecule has 1 atom stereocenters. The molecule has 0 radical (unpaired) electrons. The van der Waals surface area contributed by atoms with E-state index in [0.717, 1.165) is 33.2 Å². The molecule has 0 amide bonds. The zero-order valence-electron chi connectivity index (χ0n) is 13.9. The van der Waals surface area contributed by atoms with Gasteiger partial charge >= 0.3 is 7.60 Å². The number of fused-ring (bicyclic) bond motifs is 2. The summed E-state index contributed by atoms with van der Waals surface area (Å²) < 4.78 is 23.0. The Kier molecular flexibility index (Phi) is 3.86. The summed E-state index contributed by atoms with van der Waals surface area (Å²) in [5.41, 5.74) is 3.64. The third-order valence-electron chi connectivity index (χ3n) is 4.23. The Morgan fingerprint density at radius 1 is 1.12 bits per heavy atom. The summed E-state index contributed by atoms with van der Waals surface area (Å²) >= 11 is 0. The zero-order valence-corrected chi connectivity index (χ0v) is 14.8. The lowest BCUT2D eigenvalue weighted by atomic mass is 10.1. The maximum absolute atomic E-state index is 12.4. The van der Waals surface area contributed by atoms with Crippen LogP contribution in [0.2, 0.25) is 0 Å². The van der Waals surface area contributed by atoms with Crippen molar-refractivity contribution in [1.29, 1.82) is 0 Å². The molecule has 0 bridgehead atoms. The Bertz CT molecular complexity index is 1060. The van der Waals surface area contributed by atoms with Crippen LogP contribution < -0.4 is 4.52 Å². The first-order valence-corrected chi connectivity index (χ1v) is 9.75. The van der Waals surface area contributed by atoms with Crippen molar-refractivity contribution in [2.75, 3.05) is 13.3 Å². The minimum atomic E-state index is -3.11. The van der Waals surface area contributed by atoms with Crippen LogP contribution in [0, 0.1) is 0 Å². The predicted molar refractivity (Wildman–Crippen MR) is 99.2 cm³/mol. The molecular weight excluding hydrogens is 337 g/mol. The van der Waals surface area contributed by atoms with Crippen LogP contribution in [0.1, 0.15) is 6.92 Å². The second-order valence-electron chi connectivity index (χ2n) is 5.75. The molecule has 0 aliphatic heterocycles. The maximum atomic E-state index is 12.4. The van der Waals surface area contributed by atoms with E-state index in [2.05, 4.69) is 27.3 Å². The maximum Gasteiger partial charge on any atom is 0.378 e. The topological polar surface area (TPSA) is 80.0 Å². The summed E-state index contributed by atoms with van der Waals surface area (Å²) in [5.74, 6) is 0.498. The number of benzene rings is 2. The van der Waals surface area contributed by atoms with Crippen LogP contribution in [-0.2, 0) is 9.09 Å². The third kappa shape index (κ3) is 2.84. The van der Waals surface area contributed by atoms with Gasteiger partial charge in [-0.3, -0.25) is 5.10 Å². The van der Waals surface area contributed by atoms with Gasteiger partial charge in [0.25, 0.3) is 0 Å². The molecule has 128 valence electrons. The van der Waals surface area contributed by atoms with Crippen molar-refractivity contribution in [1.82, 2.24) is 15.2 Å². The van der Waals surface area contributed by atoms with Crippen LogP contribution in [0.25, 0.3) is 33.2 Å². The first-order chi connectivity index (χ1) is 12.1. The van der Waals surface area contributed by atoms with E-state index in [4.69, 9.17) is 9.05 Å². The predicted octanol–water partition coefficient (Wildman–Crippen LogP) is 4.95. The van der Waals surface area contributed by atoms with Crippen LogP contribution in [0.4, 0.5) is 0 Å². The molecular formula is C18H18N3O3P. The molecule has 2 N–H and O–H groups in total. The average molecular weight is 355 g/mol. The molecule has 2 heterocycles. The summed E-state index contributed by atoms with van der Waals surface area (Å²) in [5, 5.41) is 9.46. The van der Waals surface area contributed by atoms with E-state index in [1.807, 2.05) is 30.3 Å². The van der Waals surface area contributed by atoms with Crippen LogP contribution in [0.15, 0.2) is 48.5 Å². The van der Waals surface area contributed by atoms with Gasteiger partial charge in [0.15, 0.2) is 0 Å². The first kappa shape index (κ1) is 15.9. The highest BCUT2D eigenvalue weighted by molar-refractivity contribution is 7.54. The Labute approximate surface area is 144 Å². The zero-order chi connectivity index (χ0) is 17.4. The number of aromatic nitrogens is 3. The van der Waals surface area contributed by atoms with Crippen LogP contribution in [0.3, 0.4) is 0 Å². The van der Waals surface area contributed by atoms with Crippen molar-refractivity contribution in [2.45, 2.75) is 6.92 Å². The van der Waals surface area contributed by atoms with Gasteiger partial charge in [-0.1, -0.05) is 25.1 Å². The fraction of sp³-hybridized carbons (Fsp3) is 0.167. The second-order valence-corrected chi connectivity index (χ2v) is 8.15. The Hall–Kier alpha value is -2.56. The molecule has 0 aliphatic carbocycles. The largest absolute Gasteiger partial charge is 0.424 e. The summed E-state index contributed by atoms with van der Waals surface area (Å²) in [6.07, 6.45) is 0.307. The van der Waals surface area contributed by atoms with Crippen molar-refractivity contribution in [3.05, 3.63) is 48.5 Å². The molecule has 4 aromatic rings. The van der Waals surface area contributed by atoms with Crippen molar-refractivity contribution >= 4 is 29.4 Å². The molecule has 7 heteroatoms. The number of rotatable bonds is 5. The summed E-state index contributed by atoms with van der Waals surface area (Å²) in [6.45, 7) is 1.77. The Balaban J connectivity index is 1.80. The second kappa shape index (κ2) is 6.06. The smallest absolute Gasteiger partial charge is 0.378 e. The number of nitrogens with one attached hydrogen (secondary N) is 2. The van der Waals surface area contributed by atoms with E-state index in [9.17, 15) is 4.57 Å². The quantitative estimate of drug-likeness (QED) is 0.497. The van der Waals surface area contributed by atoms with Gasteiger partial charge in [0.1, 0.15) is 11.4 Å². The van der Waals surface area contributed by atoms with Crippen molar-refractivity contribution in [3.63, 3.8) is 0 Å². The SMILES string of the molecule is CCP(=O)(OC)Oc1ccc2[nH]nc(-c3cc4ccccc4[nH]3)c2c1. The van der Waals surface area contributed by atoms with Gasteiger partial charge in [-0.25, -0.2) is 4.57 Å². The fourth-order valence-electron chi connectivity index (χ4n) is 2.85. The van der Waals surface area contributed by atoms with Gasteiger partial charge in [-0.05, 0) is 30.3 Å². The number of nitrogens with zero attached hydrogens (tertiary/aromatic N) is 1. The highest BCUT2D eigenvalue weighted by Crippen LogP contribution is 2.47. The van der Waals surface area contributed by atoms with E-state index < -0.39 is 7.60 Å². The number of hydrogen-bond donors (Lipinski definition) is 2. The number of hydrogen-bond acceptors (Lipinski definition) is 4. The van der Waals surface area contributed by atoms with Crippen molar-refractivity contribution in [2.24, 2.45) is 0 Å². The Morgan fingerprint density at radius 3 is 2.72 bits per heavy atom. The molecule has 0 fully saturated rings. The molecule has 4 rings (SSSR count). The minimum absolute atomic E-state index is 0.307. The molecule has 0 saturated heterocycles. The number of para-hydroxylation sites is 1. The van der Waals surface area contributed by atoms with Gasteiger partial charge < -0.3 is 14.0 Å². The molecule has 6 nitrogen and oxygen atoms in total. The molecule has 0 saturated carbocycles. The molecule has 2 aromatic heterocycles. The van der Waals surface area contributed by atoms with Crippen LogP contribution >= 0.6 is 7.60 Å². The highest BCUT2D eigenvalue weighted by Gasteiger charge is 2.22. The standard InChI is InChI=1S/C18H18N3O3P/c1-3-25(22,23-2)24-13-8-9-16-14(11-13)18(21-20-16)17-10-12-6-4-5-7-15(12)19-17/h4-11,19H,3H2,1-2H3,(H,20,21). The lowest BCUT2D eigenvalue weighted by Crippen LogP contribution is -1.97.